The van der Waals surface area contributed by atoms with Crippen LogP contribution in [-0.4, -0.2) is 113 Å². The zero-order valence-electron chi connectivity index (χ0n) is 56.4. The van der Waals surface area contributed by atoms with Gasteiger partial charge in [0.1, 0.15) is 42.7 Å². The number of hydrogen-bond acceptors (Lipinski definition) is 10. The lowest BCUT2D eigenvalue weighted by Gasteiger charge is -2.37. The molecule has 0 saturated carbocycles. The number of benzene rings is 3. The van der Waals surface area contributed by atoms with Crippen molar-refractivity contribution < 1.29 is 47.8 Å². The van der Waals surface area contributed by atoms with E-state index in [0.29, 0.717) is 58.2 Å². The van der Waals surface area contributed by atoms with Gasteiger partial charge in [-0.2, -0.15) is 0 Å². The van der Waals surface area contributed by atoms with Crippen LogP contribution in [0.15, 0.2) is 141 Å². The minimum atomic E-state index is -0.778. The number of likely N-dealkylation sites (tertiary alicyclic amines) is 3. The van der Waals surface area contributed by atoms with Gasteiger partial charge in [-0.15, -0.1) is 13.2 Å². The Morgan fingerprint density at radius 2 is 0.722 bits per heavy atom. The lowest BCUT2D eigenvalue weighted by atomic mass is 9.82. The summed E-state index contributed by atoms with van der Waals surface area (Å²) in [4.78, 5) is 92.8. The number of hydrogen-bond donors (Lipinski definition) is 0. The van der Waals surface area contributed by atoms with Gasteiger partial charge < -0.3 is 33.7 Å². The van der Waals surface area contributed by atoms with Crippen LogP contribution < -0.4 is 0 Å². The number of aryl methyl sites for hydroxylation is 3. The van der Waals surface area contributed by atoms with Crippen molar-refractivity contribution in [2.24, 2.45) is 16.2 Å². The zero-order chi connectivity index (χ0) is 66.0. The summed E-state index contributed by atoms with van der Waals surface area (Å²) < 4.78 is 18.4. The van der Waals surface area contributed by atoms with Crippen molar-refractivity contribution in [3.05, 3.63) is 157 Å². The first-order chi connectivity index (χ1) is 43.0. The van der Waals surface area contributed by atoms with E-state index in [2.05, 4.69) is 89.4 Å². The second-order valence-corrected chi connectivity index (χ2v) is 26.6. The highest BCUT2D eigenvalue weighted by atomic mass is 16.6. The second-order valence-electron chi connectivity index (χ2n) is 26.6. The normalized spacial score (nSPS) is 18.1. The molecule has 3 aliphatic rings. The van der Waals surface area contributed by atoms with E-state index in [0.717, 1.165) is 108 Å². The number of esters is 3. The Bertz CT molecular complexity index is 2590. The van der Waals surface area contributed by atoms with Crippen molar-refractivity contribution >= 4 is 41.9 Å². The highest BCUT2D eigenvalue weighted by Crippen LogP contribution is 2.34. The van der Waals surface area contributed by atoms with Gasteiger partial charge in [0.25, 0.3) is 0 Å². The topological polar surface area (TPSA) is 157 Å². The summed E-state index contributed by atoms with van der Waals surface area (Å²) in [7, 11) is 0. The predicted molar refractivity (Wildman–Crippen MR) is 362 cm³/mol. The smallest absolute Gasteiger partial charge is 0.329 e. The molecule has 0 bridgehead atoms. The molecule has 3 heterocycles. The fourth-order valence-electron chi connectivity index (χ4n) is 12.1. The Morgan fingerprint density at radius 3 is 0.989 bits per heavy atom. The van der Waals surface area contributed by atoms with E-state index in [1.165, 1.54) is 44.7 Å². The van der Waals surface area contributed by atoms with Gasteiger partial charge >= 0.3 is 17.9 Å². The lowest BCUT2D eigenvalue weighted by molar-refractivity contribution is -0.167. The number of rotatable bonds is 31. The fraction of sp³-hybridized carbons (Fsp3) is 0.571. The SMILES string of the molecule is C=CCCCCC=C.CC(=O)N1CCCCC1C(=O)O[C@H](CCc1ccccc1)C(C)(C)/C=C/CCCC/C=C/C(C)(C)[C@@H](CCc1ccccc1)OC(=O)C1CCCCN1C(C)=O.CC(=O)N1CCCCC1C(=O)O[C@H](CCc1ccccc1)C(C)(C)C=O. The molecule has 3 unspecified atom stereocenters. The number of piperidine rings is 3. The Morgan fingerprint density at radius 1 is 0.444 bits per heavy atom. The third-order valence-electron chi connectivity index (χ3n) is 17.9. The number of unbranched alkanes of at least 4 members (excludes halogenated alkanes) is 6. The van der Waals surface area contributed by atoms with Gasteiger partial charge in [-0.05, 0) is 178 Å². The molecule has 3 amide bonds. The first-order valence-corrected chi connectivity index (χ1v) is 33.6. The maximum Gasteiger partial charge on any atom is 0.329 e. The summed E-state index contributed by atoms with van der Waals surface area (Å²) >= 11 is 0. The molecule has 6 atom stereocenters. The molecule has 0 spiro atoms. The van der Waals surface area contributed by atoms with Crippen molar-refractivity contribution in [1.29, 1.82) is 0 Å². The van der Waals surface area contributed by atoms with Crippen LogP contribution in [0.4, 0.5) is 0 Å². The summed E-state index contributed by atoms with van der Waals surface area (Å²) in [5.74, 6) is -1.24. The Labute approximate surface area is 541 Å². The van der Waals surface area contributed by atoms with Gasteiger partial charge in [0.05, 0.1) is 5.41 Å². The van der Waals surface area contributed by atoms with E-state index in [4.69, 9.17) is 14.2 Å². The molecule has 3 fully saturated rings. The van der Waals surface area contributed by atoms with Crippen LogP contribution in [0, 0.1) is 16.2 Å². The average molecular weight is 1240 g/mol. The molecule has 3 aromatic carbocycles. The second kappa shape index (κ2) is 40.1. The minimum absolute atomic E-state index is 0.0757. The number of carbonyl (C=O) groups excluding carboxylic acids is 7. The molecular formula is C77H111N3O10. The van der Waals surface area contributed by atoms with Crippen LogP contribution in [0.3, 0.4) is 0 Å². The Kier molecular flexibility index (Phi) is 33.6. The zero-order valence-corrected chi connectivity index (χ0v) is 56.4. The van der Waals surface area contributed by atoms with E-state index in [1.54, 1.807) is 28.5 Å². The molecule has 3 aliphatic heterocycles. The fourth-order valence-corrected chi connectivity index (χ4v) is 12.1. The Hall–Kier alpha value is -6.89. The summed E-state index contributed by atoms with van der Waals surface area (Å²) in [5, 5.41) is 0. The van der Waals surface area contributed by atoms with E-state index < -0.39 is 46.4 Å². The number of carbonyl (C=O) groups is 7. The highest BCUT2D eigenvalue weighted by molar-refractivity contribution is 5.85. The minimum Gasteiger partial charge on any atom is -0.460 e. The Balaban J connectivity index is 0.000000417. The van der Waals surface area contributed by atoms with E-state index in [1.807, 2.05) is 78.9 Å². The van der Waals surface area contributed by atoms with Crippen LogP contribution in [0.5, 0.6) is 0 Å². The molecule has 6 rings (SSSR count). The van der Waals surface area contributed by atoms with Crippen molar-refractivity contribution in [1.82, 2.24) is 14.7 Å². The van der Waals surface area contributed by atoms with Crippen molar-refractivity contribution in [3.8, 4) is 0 Å². The average Bonchev–Trinajstić information content (AvgIpc) is 1.73. The lowest BCUT2D eigenvalue weighted by Crippen LogP contribution is -2.49. The number of amides is 3. The monoisotopic (exact) mass is 1240 g/mol. The van der Waals surface area contributed by atoms with Gasteiger partial charge in [0.15, 0.2) is 0 Å². The first-order valence-electron chi connectivity index (χ1n) is 33.6. The largest absolute Gasteiger partial charge is 0.460 e. The molecule has 0 aromatic heterocycles. The predicted octanol–water partition coefficient (Wildman–Crippen LogP) is 15.7. The summed E-state index contributed by atoms with van der Waals surface area (Å²) in [6.45, 7) is 25.7. The van der Waals surface area contributed by atoms with Crippen LogP contribution in [-0.2, 0) is 67.0 Å². The standard InChI is InChI=1S/C48H68N2O6.C21H29NO4.C8H14/c1-37(51)49-35-21-17-27-41(49)45(53)55-43(31-29-39-23-13-11-14-24-39)47(3,4)33-19-9-7-8-10-20-34-48(5,6)44(32-30-40-25-15-12-16-26-40)56-46(54)42-28-18-22-36-50(42)38(2)52;1-16(24)22-14-8-7-11-18(22)20(25)26-19(21(2,3)15-23)13-12-17-9-5-4-6-10-17;1-3-5-7-8-6-4-2/h11-16,19-20,23-26,33-34,41-44H,7-10,17-18,21-22,27-32,35-36H2,1-6H3;4-6,9-10,15,18-19H,7-8,11-14H2,1-3H3;3-4H,1-2,5-8H2/b33-19+,34-20+;;/t41?,42?,43-,44-;18?,19-;/m11./s1. The third kappa shape index (κ3) is 26.5. The van der Waals surface area contributed by atoms with Gasteiger partial charge in [-0.1, -0.05) is 155 Å². The number of nitrogens with zero attached hydrogens (tertiary/aromatic N) is 3. The van der Waals surface area contributed by atoms with Crippen molar-refractivity contribution in [2.75, 3.05) is 19.6 Å². The van der Waals surface area contributed by atoms with Crippen molar-refractivity contribution in [3.63, 3.8) is 0 Å². The quantitative estimate of drug-likeness (QED) is 0.0200. The number of ether oxygens (including phenoxy) is 3. The van der Waals surface area contributed by atoms with E-state index in [-0.39, 0.29) is 41.9 Å². The van der Waals surface area contributed by atoms with Crippen LogP contribution >= 0.6 is 0 Å². The molecule has 3 saturated heterocycles. The van der Waals surface area contributed by atoms with Crippen LogP contribution in [0.25, 0.3) is 0 Å². The van der Waals surface area contributed by atoms with Gasteiger partial charge in [0, 0.05) is 51.2 Å². The summed E-state index contributed by atoms with van der Waals surface area (Å²) in [6.07, 6.45) is 32.7. The molecule has 0 radical (unpaired) electrons. The molecular weight excluding hydrogens is 1130 g/mol. The first kappa shape index (κ1) is 75.6. The summed E-state index contributed by atoms with van der Waals surface area (Å²) in [5.41, 5.74) is 1.98. The molecule has 90 heavy (non-hydrogen) atoms. The molecule has 0 N–H and O–H groups in total. The van der Waals surface area contributed by atoms with Crippen LogP contribution in [0.2, 0.25) is 0 Å². The van der Waals surface area contributed by atoms with Gasteiger partial charge in [-0.25, -0.2) is 14.4 Å². The molecule has 13 nitrogen and oxygen atoms in total. The molecule has 0 aliphatic carbocycles. The highest BCUT2D eigenvalue weighted by Gasteiger charge is 2.40. The molecule has 494 valence electrons. The van der Waals surface area contributed by atoms with E-state index in [9.17, 15) is 33.6 Å². The van der Waals surface area contributed by atoms with Gasteiger partial charge in [-0.3, -0.25) is 14.4 Å². The number of allylic oxidation sites excluding steroid dienone is 4. The van der Waals surface area contributed by atoms with E-state index >= 15 is 0 Å². The number of aldehydes is 1. The third-order valence-corrected chi connectivity index (χ3v) is 17.9. The molecule has 13 heteroatoms. The molecule has 3 aromatic rings. The maximum absolute atomic E-state index is 13.5. The maximum atomic E-state index is 13.5. The van der Waals surface area contributed by atoms with Gasteiger partial charge in [0.2, 0.25) is 17.7 Å². The van der Waals surface area contributed by atoms with Crippen LogP contribution in [0.1, 0.15) is 207 Å². The van der Waals surface area contributed by atoms with Crippen molar-refractivity contribution in [2.45, 2.75) is 246 Å². The summed E-state index contributed by atoms with van der Waals surface area (Å²) in [6, 6.07) is 28.9.